The van der Waals surface area contributed by atoms with Crippen LogP contribution in [0.4, 0.5) is 4.39 Å². The first-order chi connectivity index (χ1) is 9.06. The van der Waals surface area contributed by atoms with Crippen LogP contribution in [0.25, 0.3) is 0 Å². The smallest absolute Gasteiger partial charge is 0.132 e. The molecule has 0 aliphatic heterocycles. The van der Waals surface area contributed by atoms with Gasteiger partial charge in [-0.05, 0) is 44.0 Å². The molecular weight excluding hydrogens is 399 g/mol. The lowest BCUT2D eigenvalue weighted by molar-refractivity contribution is 0.410. The molecule has 2 rings (SSSR count). The van der Waals surface area contributed by atoms with Gasteiger partial charge in [0, 0.05) is 21.0 Å². The maximum atomic E-state index is 14.1. The molecule has 102 valence electrons. The number of nitrogens with two attached hydrogens (primary N) is 1. The first-order valence-corrected chi connectivity index (χ1v) is 7.71. The molecule has 3 nitrogen and oxygen atoms in total. The Morgan fingerprint density at radius 3 is 2.58 bits per heavy atom. The SMILES string of the molecule is COc1ccc(C(NN)c2cc(Br)c(Br)s2)c(F)c1. The van der Waals surface area contributed by atoms with Crippen molar-refractivity contribution in [2.24, 2.45) is 5.84 Å². The van der Waals surface area contributed by atoms with E-state index in [0.717, 1.165) is 13.1 Å². The summed E-state index contributed by atoms with van der Waals surface area (Å²) in [6, 6.07) is 6.22. The standard InChI is InChI=1S/C12H11Br2FN2OS/c1-18-6-2-3-7(9(15)4-6)11(17-16)10-5-8(13)12(14)19-10/h2-5,11,17H,16H2,1H3. The molecule has 3 N–H and O–H groups in total. The predicted octanol–water partition coefficient (Wildman–Crippen LogP) is 3.97. The third kappa shape index (κ3) is 3.17. The summed E-state index contributed by atoms with van der Waals surface area (Å²) in [5.74, 6) is 5.68. The van der Waals surface area contributed by atoms with Crippen molar-refractivity contribution in [1.82, 2.24) is 5.43 Å². The molecule has 1 aromatic carbocycles. The Balaban J connectivity index is 2.42. The largest absolute Gasteiger partial charge is 0.497 e. The van der Waals surface area contributed by atoms with Crippen LogP contribution in [-0.4, -0.2) is 7.11 Å². The number of benzene rings is 1. The van der Waals surface area contributed by atoms with Crippen LogP contribution in [-0.2, 0) is 0 Å². The maximum absolute atomic E-state index is 14.1. The number of ether oxygens (including phenoxy) is 1. The van der Waals surface area contributed by atoms with Crippen molar-refractivity contribution in [2.75, 3.05) is 7.11 Å². The number of nitrogens with one attached hydrogen (secondary N) is 1. The van der Waals surface area contributed by atoms with E-state index in [1.54, 1.807) is 12.1 Å². The van der Waals surface area contributed by atoms with E-state index < -0.39 is 6.04 Å². The van der Waals surface area contributed by atoms with Crippen LogP contribution >= 0.6 is 43.2 Å². The van der Waals surface area contributed by atoms with Gasteiger partial charge in [0.2, 0.25) is 0 Å². The number of hydrogen-bond acceptors (Lipinski definition) is 4. The van der Waals surface area contributed by atoms with E-state index >= 15 is 0 Å². The Bertz CT molecular complexity index is 572. The first-order valence-electron chi connectivity index (χ1n) is 5.31. The number of methoxy groups -OCH3 is 1. The quantitative estimate of drug-likeness (QED) is 0.593. The normalized spacial score (nSPS) is 12.5. The van der Waals surface area contributed by atoms with Gasteiger partial charge in [0.1, 0.15) is 11.6 Å². The highest BCUT2D eigenvalue weighted by atomic mass is 79.9. The van der Waals surface area contributed by atoms with Crippen molar-refractivity contribution in [3.63, 3.8) is 0 Å². The van der Waals surface area contributed by atoms with Crippen molar-refractivity contribution < 1.29 is 9.13 Å². The summed E-state index contributed by atoms with van der Waals surface area (Å²) in [6.45, 7) is 0. The molecule has 0 bridgehead atoms. The number of thiophene rings is 1. The number of hydrogen-bond donors (Lipinski definition) is 2. The lowest BCUT2D eigenvalue weighted by Gasteiger charge is -2.16. The number of halogens is 3. The van der Waals surface area contributed by atoms with Crippen LogP contribution in [0, 0.1) is 5.82 Å². The molecular formula is C12H11Br2FN2OS. The van der Waals surface area contributed by atoms with E-state index in [4.69, 9.17) is 10.6 Å². The van der Waals surface area contributed by atoms with Gasteiger partial charge in [-0.25, -0.2) is 9.82 Å². The van der Waals surface area contributed by atoms with Crippen LogP contribution in [0.3, 0.4) is 0 Å². The average Bonchev–Trinajstić information content (AvgIpc) is 2.72. The minimum atomic E-state index is -0.404. The van der Waals surface area contributed by atoms with Gasteiger partial charge in [-0.15, -0.1) is 11.3 Å². The summed E-state index contributed by atoms with van der Waals surface area (Å²) in [6.07, 6.45) is 0. The summed E-state index contributed by atoms with van der Waals surface area (Å²) in [7, 11) is 1.50. The van der Waals surface area contributed by atoms with Gasteiger partial charge < -0.3 is 4.74 Å². The second kappa shape index (κ2) is 6.32. The summed E-state index contributed by atoms with van der Waals surface area (Å²) >= 11 is 8.32. The fraction of sp³-hybridized carbons (Fsp3) is 0.167. The van der Waals surface area contributed by atoms with E-state index in [-0.39, 0.29) is 5.82 Å². The monoisotopic (exact) mass is 408 g/mol. The second-order valence-corrected chi connectivity index (χ2v) is 7.01. The molecule has 0 saturated carbocycles. The van der Waals surface area contributed by atoms with Gasteiger partial charge >= 0.3 is 0 Å². The van der Waals surface area contributed by atoms with Crippen molar-refractivity contribution in [3.05, 3.63) is 48.8 Å². The Morgan fingerprint density at radius 1 is 1.37 bits per heavy atom. The number of hydrazine groups is 1. The molecule has 0 radical (unpaired) electrons. The van der Waals surface area contributed by atoms with E-state index in [2.05, 4.69) is 37.3 Å². The average molecular weight is 410 g/mol. The topological polar surface area (TPSA) is 47.3 Å². The van der Waals surface area contributed by atoms with E-state index in [1.165, 1.54) is 24.5 Å². The van der Waals surface area contributed by atoms with Gasteiger partial charge in [0.15, 0.2) is 0 Å². The minimum absolute atomic E-state index is 0.358. The zero-order valence-corrected chi connectivity index (χ0v) is 13.9. The Morgan fingerprint density at radius 2 is 2.11 bits per heavy atom. The molecule has 0 aliphatic rings. The van der Waals surface area contributed by atoms with Crippen LogP contribution in [0.15, 0.2) is 32.5 Å². The van der Waals surface area contributed by atoms with Gasteiger partial charge in [-0.2, -0.15) is 0 Å². The molecule has 19 heavy (non-hydrogen) atoms. The van der Waals surface area contributed by atoms with Gasteiger partial charge in [0.25, 0.3) is 0 Å². The Kier molecular flexibility index (Phi) is 4.97. The van der Waals surface area contributed by atoms with Crippen LogP contribution in [0.5, 0.6) is 5.75 Å². The van der Waals surface area contributed by atoms with Crippen LogP contribution in [0.2, 0.25) is 0 Å². The van der Waals surface area contributed by atoms with Crippen molar-refractivity contribution >= 4 is 43.2 Å². The van der Waals surface area contributed by atoms with Crippen molar-refractivity contribution in [3.8, 4) is 5.75 Å². The zero-order valence-electron chi connectivity index (χ0n) is 9.91. The summed E-state index contributed by atoms with van der Waals surface area (Å²) in [5.41, 5.74) is 3.12. The van der Waals surface area contributed by atoms with Crippen molar-refractivity contribution in [1.29, 1.82) is 0 Å². The number of rotatable bonds is 4. The molecule has 0 saturated heterocycles. The Hall–Kier alpha value is -0.470. The van der Waals surface area contributed by atoms with E-state index in [0.29, 0.717) is 11.3 Å². The highest BCUT2D eigenvalue weighted by molar-refractivity contribution is 9.13. The van der Waals surface area contributed by atoms with Crippen LogP contribution < -0.4 is 16.0 Å². The molecule has 1 heterocycles. The molecule has 1 unspecified atom stereocenters. The Labute approximate surface area is 131 Å². The first kappa shape index (κ1) is 14.9. The molecule has 0 aliphatic carbocycles. The zero-order chi connectivity index (χ0) is 14.0. The third-order valence-corrected chi connectivity index (χ3v) is 5.96. The molecule has 0 spiro atoms. The minimum Gasteiger partial charge on any atom is -0.497 e. The van der Waals surface area contributed by atoms with Gasteiger partial charge in [0.05, 0.1) is 16.9 Å². The molecule has 7 heteroatoms. The van der Waals surface area contributed by atoms with Gasteiger partial charge in [-0.1, -0.05) is 6.07 Å². The second-order valence-electron chi connectivity index (χ2n) is 3.76. The highest BCUT2D eigenvalue weighted by Gasteiger charge is 2.20. The maximum Gasteiger partial charge on any atom is 0.132 e. The summed E-state index contributed by atoms with van der Waals surface area (Å²) in [4.78, 5) is 0.908. The van der Waals surface area contributed by atoms with Gasteiger partial charge in [-0.3, -0.25) is 5.84 Å². The van der Waals surface area contributed by atoms with Crippen LogP contribution in [0.1, 0.15) is 16.5 Å². The summed E-state index contributed by atoms with van der Waals surface area (Å²) < 4.78 is 20.9. The summed E-state index contributed by atoms with van der Waals surface area (Å²) in [5, 5.41) is 0. The predicted molar refractivity (Wildman–Crippen MR) is 81.8 cm³/mol. The fourth-order valence-electron chi connectivity index (χ4n) is 1.70. The molecule has 0 amide bonds. The molecule has 1 atom stereocenters. The molecule has 2 aromatic rings. The molecule has 0 fully saturated rings. The lowest BCUT2D eigenvalue weighted by Crippen LogP contribution is -2.28. The lowest BCUT2D eigenvalue weighted by atomic mass is 10.1. The third-order valence-electron chi connectivity index (χ3n) is 2.63. The highest BCUT2D eigenvalue weighted by Crippen LogP contribution is 2.38. The molecule has 1 aromatic heterocycles. The fourth-order valence-corrected chi connectivity index (χ4v) is 3.87. The van der Waals surface area contributed by atoms with E-state index in [1.807, 2.05) is 6.07 Å². The van der Waals surface area contributed by atoms with Crippen molar-refractivity contribution in [2.45, 2.75) is 6.04 Å². The van der Waals surface area contributed by atoms with E-state index in [9.17, 15) is 4.39 Å².